The maximum atomic E-state index is 13.6. The highest BCUT2D eigenvalue weighted by Gasteiger charge is 2.26. The van der Waals surface area contributed by atoms with Gasteiger partial charge in [0.25, 0.3) is 15.9 Å². The largest absolute Gasteiger partial charge is 0.381 e. The number of carbonyl (C=O) groups excluding carboxylic acids is 1. The fraction of sp³-hybridized carbons (Fsp3) is 0.323. The van der Waals surface area contributed by atoms with Crippen LogP contribution in [0.2, 0.25) is 0 Å². The number of aromatic amines is 1. The summed E-state index contributed by atoms with van der Waals surface area (Å²) in [5.41, 5.74) is 4.35. The maximum absolute atomic E-state index is 13.6. The first-order chi connectivity index (χ1) is 18.6. The minimum absolute atomic E-state index is 0.0535. The van der Waals surface area contributed by atoms with Gasteiger partial charge in [-0.1, -0.05) is 63.2 Å². The van der Waals surface area contributed by atoms with Crippen molar-refractivity contribution in [2.75, 3.05) is 24.6 Å². The lowest BCUT2D eigenvalue weighted by Crippen LogP contribution is -2.39. The highest BCUT2D eigenvalue weighted by atomic mass is 32.2. The first kappa shape index (κ1) is 27.0. The highest BCUT2D eigenvalue weighted by Crippen LogP contribution is 2.36. The van der Waals surface area contributed by atoms with E-state index in [0.29, 0.717) is 24.6 Å². The van der Waals surface area contributed by atoms with Crippen LogP contribution in [0, 0.1) is 0 Å². The van der Waals surface area contributed by atoms with Gasteiger partial charge in [-0.2, -0.15) is 0 Å². The van der Waals surface area contributed by atoms with Crippen molar-refractivity contribution in [2.45, 2.75) is 50.0 Å². The van der Waals surface area contributed by atoms with Crippen molar-refractivity contribution >= 4 is 32.5 Å². The molecule has 1 saturated heterocycles. The molecular weight excluding hydrogens is 510 g/mol. The predicted molar refractivity (Wildman–Crippen MR) is 156 cm³/mol. The Morgan fingerprint density at radius 3 is 2.28 bits per heavy atom. The zero-order valence-electron chi connectivity index (χ0n) is 22.8. The van der Waals surface area contributed by atoms with E-state index in [9.17, 15) is 13.2 Å². The number of carbonyl (C=O) groups is 1. The average Bonchev–Trinajstić information content (AvgIpc) is 3.32. The summed E-state index contributed by atoms with van der Waals surface area (Å²) >= 11 is 0. The number of benzene rings is 3. The van der Waals surface area contributed by atoms with Crippen molar-refractivity contribution in [3.8, 4) is 11.1 Å². The van der Waals surface area contributed by atoms with Crippen LogP contribution in [0.3, 0.4) is 0 Å². The van der Waals surface area contributed by atoms with Gasteiger partial charge in [-0.05, 0) is 59.7 Å². The van der Waals surface area contributed by atoms with Crippen molar-refractivity contribution < 1.29 is 17.9 Å². The molecule has 3 aromatic carbocycles. The molecule has 5 rings (SSSR count). The number of nitrogens with zero attached hydrogens (tertiary/aromatic N) is 1. The average molecular weight is 546 g/mol. The highest BCUT2D eigenvalue weighted by molar-refractivity contribution is 7.92. The van der Waals surface area contributed by atoms with E-state index in [0.717, 1.165) is 40.4 Å². The molecule has 0 atom stereocenters. The van der Waals surface area contributed by atoms with Crippen molar-refractivity contribution in [3.63, 3.8) is 0 Å². The van der Waals surface area contributed by atoms with E-state index in [2.05, 4.69) is 31.1 Å². The standard InChI is InChI=1S/C31H35N3O4S/c1-31(2,3)22-10-13-25(14-11-22)39(36,37)34(4)24-12-15-27-26(20-24)28(21-8-6-5-7-9-21)29(33-27)30(35)32-23-16-18-38-19-17-23/h5-15,20,23,33H,16-19H2,1-4H3,(H,32,35). The molecular formula is C31H35N3O4S. The van der Waals surface area contributed by atoms with Crippen molar-refractivity contribution in [1.82, 2.24) is 10.3 Å². The zero-order valence-corrected chi connectivity index (χ0v) is 23.6. The van der Waals surface area contributed by atoms with Crippen LogP contribution in [0.25, 0.3) is 22.0 Å². The van der Waals surface area contributed by atoms with E-state index in [-0.39, 0.29) is 22.3 Å². The van der Waals surface area contributed by atoms with Crippen molar-refractivity contribution in [3.05, 3.63) is 84.1 Å². The lowest BCUT2D eigenvalue weighted by molar-refractivity contribution is 0.0695. The van der Waals surface area contributed by atoms with Crippen LogP contribution in [0.15, 0.2) is 77.7 Å². The van der Waals surface area contributed by atoms with Crippen LogP contribution in [0.4, 0.5) is 5.69 Å². The minimum Gasteiger partial charge on any atom is -0.381 e. The third-order valence-electron chi connectivity index (χ3n) is 7.37. The number of hydrogen-bond donors (Lipinski definition) is 2. The van der Waals surface area contributed by atoms with Gasteiger partial charge in [0.1, 0.15) is 5.69 Å². The van der Waals surface area contributed by atoms with Gasteiger partial charge in [-0.15, -0.1) is 0 Å². The summed E-state index contributed by atoms with van der Waals surface area (Å²) in [6.07, 6.45) is 1.55. The zero-order chi connectivity index (χ0) is 27.8. The first-order valence-electron chi connectivity index (χ1n) is 13.2. The number of H-pyrrole nitrogens is 1. The molecule has 1 aromatic heterocycles. The Morgan fingerprint density at radius 2 is 1.64 bits per heavy atom. The topological polar surface area (TPSA) is 91.5 Å². The van der Waals surface area contributed by atoms with Crippen LogP contribution in [0.5, 0.6) is 0 Å². The van der Waals surface area contributed by atoms with Crippen LogP contribution >= 0.6 is 0 Å². The van der Waals surface area contributed by atoms with Gasteiger partial charge in [0.2, 0.25) is 0 Å². The first-order valence-corrected chi connectivity index (χ1v) is 14.7. The summed E-state index contributed by atoms with van der Waals surface area (Å²) in [5.74, 6) is -0.182. The number of fused-ring (bicyclic) bond motifs is 1. The quantitative estimate of drug-likeness (QED) is 0.317. The Balaban J connectivity index is 1.54. The van der Waals surface area contributed by atoms with Gasteiger partial charge >= 0.3 is 0 Å². The number of anilines is 1. The Labute approximate surface area is 230 Å². The lowest BCUT2D eigenvalue weighted by Gasteiger charge is -2.23. The summed E-state index contributed by atoms with van der Waals surface area (Å²) in [6, 6.07) is 22.2. The molecule has 204 valence electrons. The molecule has 0 spiro atoms. The Hall–Kier alpha value is -3.62. The smallest absolute Gasteiger partial charge is 0.268 e. The van der Waals surface area contributed by atoms with Gasteiger partial charge < -0.3 is 15.0 Å². The second-order valence-electron chi connectivity index (χ2n) is 11.1. The third-order valence-corrected chi connectivity index (χ3v) is 9.17. The summed E-state index contributed by atoms with van der Waals surface area (Å²) in [5, 5.41) is 3.93. The molecule has 1 fully saturated rings. The molecule has 1 amide bonds. The van der Waals surface area contributed by atoms with E-state index in [1.54, 1.807) is 25.2 Å². The molecule has 1 aliphatic rings. The predicted octanol–water partition coefficient (Wildman–Crippen LogP) is 5.87. The molecule has 0 aliphatic carbocycles. The number of aromatic nitrogens is 1. The number of hydrogen-bond acceptors (Lipinski definition) is 4. The SMILES string of the molecule is CN(c1ccc2[nH]c(C(=O)NC3CCOCC3)c(-c3ccccc3)c2c1)S(=O)(=O)c1ccc(C(C)(C)C)cc1. The summed E-state index contributed by atoms with van der Waals surface area (Å²) < 4.78 is 33.9. The molecule has 39 heavy (non-hydrogen) atoms. The third kappa shape index (κ3) is 5.44. The van der Waals surface area contributed by atoms with Crippen molar-refractivity contribution in [1.29, 1.82) is 0 Å². The van der Waals surface area contributed by atoms with E-state index in [4.69, 9.17) is 4.74 Å². The van der Waals surface area contributed by atoms with Crippen LogP contribution in [-0.4, -0.2) is 45.6 Å². The Bertz CT molecular complexity index is 1580. The van der Waals surface area contributed by atoms with E-state index >= 15 is 0 Å². The number of ether oxygens (including phenoxy) is 1. The number of amides is 1. The molecule has 0 radical (unpaired) electrons. The monoisotopic (exact) mass is 545 g/mol. The van der Waals surface area contributed by atoms with E-state index in [1.165, 1.54) is 4.31 Å². The lowest BCUT2D eigenvalue weighted by atomic mass is 9.87. The molecule has 7 nitrogen and oxygen atoms in total. The number of nitrogens with one attached hydrogen (secondary N) is 2. The van der Waals surface area contributed by atoms with Crippen LogP contribution in [0.1, 0.15) is 49.7 Å². The molecule has 0 saturated carbocycles. The molecule has 1 aliphatic heterocycles. The Kier molecular flexibility index (Phi) is 7.27. The van der Waals surface area contributed by atoms with Gasteiger partial charge in [0.05, 0.1) is 10.6 Å². The fourth-order valence-electron chi connectivity index (χ4n) is 4.97. The molecule has 8 heteroatoms. The minimum atomic E-state index is -3.80. The molecule has 0 unspecified atom stereocenters. The number of sulfonamides is 1. The molecule has 4 aromatic rings. The molecule has 2 N–H and O–H groups in total. The van der Waals surface area contributed by atoms with Crippen molar-refractivity contribution in [2.24, 2.45) is 0 Å². The van der Waals surface area contributed by atoms with E-state index in [1.807, 2.05) is 54.6 Å². The van der Waals surface area contributed by atoms with E-state index < -0.39 is 10.0 Å². The summed E-state index contributed by atoms with van der Waals surface area (Å²) in [7, 11) is -2.24. The van der Waals surface area contributed by atoms with Gasteiger partial charge in [-0.25, -0.2) is 8.42 Å². The van der Waals surface area contributed by atoms with Gasteiger partial charge in [0, 0.05) is 42.8 Å². The second kappa shape index (κ2) is 10.5. The Morgan fingerprint density at radius 1 is 0.974 bits per heavy atom. The van der Waals surface area contributed by atoms with Gasteiger partial charge in [-0.3, -0.25) is 9.10 Å². The van der Waals surface area contributed by atoms with Gasteiger partial charge in [0.15, 0.2) is 0 Å². The molecule has 2 heterocycles. The summed E-state index contributed by atoms with van der Waals surface area (Å²) in [6.45, 7) is 7.55. The van der Waals surface area contributed by atoms with Crippen LogP contribution in [-0.2, 0) is 20.2 Å². The van der Waals surface area contributed by atoms with Crippen LogP contribution < -0.4 is 9.62 Å². The maximum Gasteiger partial charge on any atom is 0.268 e. The fourth-order valence-corrected chi connectivity index (χ4v) is 6.16. The normalized spacial score (nSPS) is 14.9. The second-order valence-corrected chi connectivity index (χ2v) is 13.0. The number of rotatable bonds is 6. The molecule has 0 bridgehead atoms. The summed E-state index contributed by atoms with van der Waals surface area (Å²) in [4.78, 5) is 17.0.